The summed E-state index contributed by atoms with van der Waals surface area (Å²) in [7, 11) is 2.02. The van der Waals surface area contributed by atoms with Crippen molar-refractivity contribution in [2.24, 2.45) is 0 Å². The standard InChI is InChI=1S/C4H9NS.ClH/c1-5-4-2-6-3-4;/h4-5H,2-3H2,1H3;1H. The molecular formula is C4H10ClNS. The molecule has 0 saturated carbocycles. The maximum absolute atomic E-state index is 3.18. The highest BCUT2D eigenvalue weighted by molar-refractivity contribution is 8.00. The molecular weight excluding hydrogens is 130 g/mol. The van der Waals surface area contributed by atoms with E-state index in [0.717, 1.165) is 6.04 Å². The molecule has 0 atom stereocenters. The Labute approximate surface area is 54.7 Å². The van der Waals surface area contributed by atoms with Gasteiger partial charge in [-0.25, -0.2) is 0 Å². The van der Waals surface area contributed by atoms with Gasteiger partial charge in [-0.15, -0.1) is 12.4 Å². The molecule has 0 radical (unpaired) electrons. The second-order valence-electron chi connectivity index (χ2n) is 1.52. The van der Waals surface area contributed by atoms with Crippen LogP contribution in [-0.4, -0.2) is 24.6 Å². The highest BCUT2D eigenvalue weighted by atomic mass is 35.5. The van der Waals surface area contributed by atoms with Crippen molar-refractivity contribution in [3.8, 4) is 0 Å². The Morgan fingerprint density at radius 3 is 2.14 bits per heavy atom. The Morgan fingerprint density at radius 1 is 1.57 bits per heavy atom. The first-order valence-electron chi connectivity index (χ1n) is 2.18. The average molecular weight is 140 g/mol. The number of rotatable bonds is 1. The quantitative estimate of drug-likeness (QED) is 0.576. The van der Waals surface area contributed by atoms with Crippen LogP contribution in [0.2, 0.25) is 0 Å². The third-order valence-electron chi connectivity index (χ3n) is 1.05. The summed E-state index contributed by atoms with van der Waals surface area (Å²) in [6, 6.07) is 0.829. The van der Waals surface area contributed by atoms with E-state index < -0.39 is 0 Å². The van der Waals surface area contributed by atoms with Crippen LogP contribution in [0.3, 0.4) is 0 Å². The third kappa shape index (κ3) is 1.89. The summed E-state index contributed by atoms with van der Waals surface area (Å²) in [5, 5.41) is 3.18. The lowest BCUT2D eigenvalue weighted by atomic mass is 10.4. The van der Waals surface area contributed by atoms with Gasteiger partial charge in [0.05, 0.1) is 0 Å². The van der Waals surface area contributed by atoms with Gasteiger partial charge < -0.3 is 5.32 Å². The number of halogens is 1. The second-order valence-corrected chi connectivity index (χ2v) is 2.60. The second kappa shape index (κ2) is 3.58. The van der Waals surface area contributed by atoms with Crippen LogP contribution in [0.5, 0.6) is 0 Å². The molecule has 0 bridgehead atoms. The molecule has 0 aromatic rings. The minimum atomic E-state index is 0. The van der Waals surface area contributed by atoms with E-state index in [4.69, 9.17) is 0 Å². The zero-order valence-electron chi connectivity index (χ0n) is 4.31. The lowest BCUT2D eigenvalue weighted by Crippen LogP contribution is -2.37. The Hall–Kier alpha value is 0.600. The lowest BCUT2D eigenvalue weighted by Gasteiger charge is -2.23. The molecule has 1 rings (SSSR count). The minimum absolute atomic E-state index is 0. The maximum Gasteiger partial charge on any atom is 0.0245 e. The molecule has 0 aromatic carbocycles. The first-order chi connectivity index (χ1) is 2.93. The summed E-state index contributed by atoms with van der Waals surface area (Å²) in [5.41, 5.74) is 0. The van der Waals surface area contributed by atoms with Gasteiger partial charge in [-0.3, -0.25) is 0 Å². The van der Waals surface area contributed by atoms with Gasteiger partial charge in [-0.05, 0) is 7.05 Å². The number of nitrogens with one attached hydrogen (secondary N) is 1. The smallest absolute Gasteiger partial charge is 0.0245 e. The third-order valence-corrected chi connectivity index (χ3v) is 2.32. The number of hydrogen-bond donors (Lipinski definition) is 1. The zero-order valence-corrected chi connectivity index (χ0v) is 5.94. The van der Waals surface area contributed by atoms with E-state index in [1.165, 1.54) is 11.5 Å². The molecule has 1 saturated heterocycles. The Kier molecular flexibility index (Phi) is 3.89. The van der Waals surface area contributed by atoms with Gasteiger partial charge in [0.15, 0.2) is 0 Å². The number of hydrogen-bond acceptors (Lipinski definition) is 2. The molecule has 1 aliphatic rings. The van der Waals surface area contributed by atoms with Crippen molar-refractivity contribution in [1.29, 1.82) is 0 Å². The monoisotopic (exact) mass is 139 g/mol. The fourth-order valence-corrected chi connectivity index (χ4v) is 1.21. The SMILES string of the molecule is CNC1CSC1.Cl. The molecule has 1 nitrogen and oxygen atoms in total. The fourth-order valence-electron chi connectivity index (χ4n) is 0.402. The largest absolute Gasteiger partial charge is 0.315 e. The molecule has 1 fully saturated rings. The van der Waals surface area contributed by atoms with E-state index in [1.807, 2.05) is 18.8 Å². The van der Waals surface area contributed by atoms with Crippen LogP contribution in [0, 0.1) is 0 Å². The van der Waals surface area contributed by atoms with Crippen LogP contribution in [0.25, 0.3) is 0 Å². The van der Waals surface area contributed by atoms with Gasteiger partial charge in [0.1, 0.15) is 0 Å². The first-order valence-corrected chi connectivity index (χ1v) is 3.34. The van der Waals surface area contributed by atoms with Gasteiger partial charge in [-0.2, -0.15) is 11.8 Å². The van der Waals surface area contributed by atoms with Crippen LogP contribution in [0.1, 0.15) is 0 Å². The predicted octanol–water partition coefficient (Wildman–Crippen LogP) is 0.743. The predicted molar refractivity (Wildman–Crippen MR) is 37.4 cm³/mol. The summed E-state index contributed by atoms with van der Waals surface area (Å²) in [4.78, 5) is 0. The van der Waals surface area contributed by atoms with Crippen molar-refractivity contribution in [2.45, 2.75) is 6.04 Å². The van der Waals surface area contributed by atoms with E-state index in [9.17, 15) is 0 Å². The Bertz CT molecular complexity index is 44.2. The van der Waals surface area contributed by atoms with Gasteiger partial charge in [0, 0.05) is 17.5 Å². The van der Waals surface area contributed by atoms with Crippen molar-refractivity contribution in [3.05, 3.63) is 0 Å². The summed E-state index contributed by atoms with van der Waals surface area (Å²) in [6.07, 6.45) is 0. The molecule has 1 N–H and O–H groups in total. The van der Waals surface area contributed by atoms with E-state index in [2.05, 4.69) is 5.32 Å². The lowest BCUT2D eigenvalue weighted by molar-refractivity contribution is 0.660. The van der Waals surface area contributed by atoms with Crippen molar-refractivity contribution in [1.82, 2.24) is 5.32 Å². The molecule has 7 heavy (non-hydrogen) atoms. The molecule has 44 valence electrons. The summed E-state index contributed by atoms with van der Waals surface area (Å²) < 4.78 is 0. The van der Waals surface area contributed by atoms with Crippen LogP contribution in [-0.2, 0) is 0 Å². The summed E-state index contributed by atoms with van der Waals surface area (Å²) in [5.74, 6) is 2.63. The molecule has 0 aromatic heterocycles. The van der Waals surface area contributed by atoms with Gasteiger partial charge in [0.25, 0.3) is 0 Å². The van der Waals surface area contributed by atoms with E-state index in [1.54, 1.807) is 0 Å². The van der Waals surface area contributed by atoms with Crippen molar-refractivity contribution < 1.29 is 0 Å². The summed E-state index contributed by atoms with van der Waals surface area (Å²) >= 11 is 2.01. The molecule has 0 aliphatic carbocycles. The Balaban J connectivity index is 0.000000360. The Morgan fingerprint density at radius 2 is 2.14 bits per heavy atom. The van der Waals surface area contributed by atoms with Crippen LogP contribution < -0.4 is 5.32 Å². The van der Waals surface area contributed by atoms with E-state index in [-0.39, 0.29) is 12.4 Å². The van der Waals surface area contributed by atoms with Gasteiger partial charge in [0.2, 0.25) is 0 Å². The fraction of sp³-hybridized carbons (Fsp3) is 1.00. The van der Waals surface area contributed by atoms with Crippen LogP contribution >= 0.6 is 24.2 Å². The van der Waals surface area contributed by atoms with Crippen LogP contribution in [0.15, 0.2) is 0 Å². The maximum atomic E-state index is 3.18. The van der Waals surface area contributed by atoms with Crippen molar-refractivity contribution in [3.63, 3.8) is 0 Å². The molecule has 1 heterocycles. The van der Waals surface area contributed by atoms with Gasteiger partial charge >= 0.3 is 0 Å². The molecule has 1 aliphatic heterocycles. The molecule has 0 unspecified atom stereocenters. The van der Waals surface area contributed by atoms with E-state index in [0.29, 0.717) is 0 Å². The first kappa shape index (κ1) is 7.60. The van der Waals surface area contributed by atoms with E-state index >= 15 is 0 Å². The number of thioether (sulfide) groups is 1. The van der Waals surface area contributed by atoms with Crippen molar-refractivity contribution >= 4 is 24.2 Å². The highest BCUT2D eigenvalue weighted by Gasteiger charge is 2.13. The normalized spacial score (nSPS) is 20.1. The molecule has 0 amide bonds. The molecule has 0 spiro atoms. The highest BCUT2D eigenvalue weighted by Crippen LogP contribution is 2.15. The van der Waals surface area contributed by atoms with Gasteiger partial charge in [-0.1, -0.05) is 0 Å². The zero-order chi connectivity index (χ0) is 4.41. The van der Waals surface area contributed by atoms with Crippen LogP contribution in [0.4, 0.5) is 0 Å². The topological polar surface area (TPSA) is 12.0 Å². The average Bonchev–Trinajstić information content (AvgIpc) is 1.31. The minimum Gasteiger partial charge on any atom is -0.315 e. The van der Waals surface area contributed by atoms with Crippen molar-refractivity contribution in [2.75, 3.05) is 18.6 Å². The molecule has 3 heteroatoms. The summed E-state index contributed by atoms with van der Waals surface area (Å²) in [6.45, 7) is 0.